The van der Waals surface area contributed by atoms with Crippen LogP contribution in [0.15, 0.2) is 29.4 Å². The number of nitrogens with two attached hydrogens (primary N) is 1. The van der Waals surface area contributed by atoms with Crippen LogP contribution in [0.4, 0.5) is 0 Å². The van der Waals surface area contributed by atoms with Gasteiger partial charge in [-0.1, -0.05) is 43.3 Å². The molecule has 1 fully saturated rings. The predicted molar refractivity (Wildman–Crippen MR) is 77.2 cm³/mol. The molecule has 1 aliphatic heterocycles. The molecule has 19 heavy (non-hydrogen) atoms. The molecule has 2 rings (SSSR count). The van der Waals surface area contributed by atoms with E-state index in [2.05, 4.69) is 36.0 Å². The van der Waals surface area contributed by atoms with Crippen LogP contribution in [0.2, 0.25) is 0 Å². The number of piperidine rings is 1. The molecule has 0 radical (unpaired) electrons. The van der Waals surface area contributed by atoms with Gasteiger partial charge in [-0.3, -0.25) is 4.90 Å². The Kier molecular flexibility index (Phi) is 4.43. The van der Waals surface area contributed by atoms with E-state index >= 15 is 0 Å². The molecule has 1 aromatic rings. The Hall–Kier alpha value is -1.55. The molecular weight excluding hydrogens is 238 g/mol. The molecule has 2 unspecified atom stereocenters. The molecule has 1 saturated heterocycles. The van der Waals surface area contributed by atoms with Crippen molar-refractivity contribution in [3.05, 3.63) is 35.4 Å². The normalized spacial score (nSPS) is 25.5. The Morgan fingerprint density at radius 2 is 1.84 bits per heavy atom. The van der Waals surface area contributed by atoms with Crippen LogP contribution in [-0.2, 0) is 6.54 Å². The first-order valence-electron chi connectivity index (χ1n) is 6.87. The number of amidine groups is 1. The highest BCUT2D eigenvalue weighted by Gasteiger charge is 2.21. The van der Waals surface area contributed by atoms with Gasteiger partial charge in [0, 0.05) is 25.2 Å². The Morgan fingerprint density at radius 1 is 1.26 bits per heavy atom. The molecular formula is C15H23N3O. The molecule has 0 aliphatic carbocycles. The molecule has 0 saturated carbocycles. The van der Waals surface area contributed by atoms with Crippen LogP contribution in [0.3, 0.4) is 0 Å². The fraction of sp³-hybridized carbons (Fsp3) is 0.533. The van der Waals surface area contributed by atoms with Crippen molar-refractivity contribution < 1.29 is 5.21 Å². The maximum absolute atomic E-state index is 8.63. The van der Waals surface area contributed by atoms with Gasteiger partial charge in [-0.15, -0.1) is 0 Å². The number of likely N-dealkylation sites (tertiary alicyclic amines) is 1. The predicted octanol–water partition coefficient (Wildman–Crippen LogP) is 2.26. The van der Waals surface area contributed by atoms with Crippen molar-refractivity contribution in [3.8, 4) is 0 Å². The third-order valence-electron chi connectivity index (χ3n) is 3.71. The lowest BCUT2D eigenvalue weighted by atomic mass is 9.91. The second kappa shape index (κ2) is 6.06. The lowest BCUT2D eigenvalue weighted by Crippen LogP contribution is -2.38. The molecule has 1 heterocycles. The van der Waals surface area contributed by atoms with Gasteiger partial charge in [-0.2, -0.15) is 0 Å². The van der Waals surface area contributed by atoms with E-state index in [9.17, 15) is 0 Å². The fourth-order valence-corrected chi connectivity index (χ4v) is 3.02. The highest BCUT2D eigenvalue weighted by atomic mass is 16.4. The summed E-state index contributed by atoms with van der Waals surface area (Å²) in [4.78, 5) is 2.51. The zero-order valence-corrected chi connectivity index (χ0v) is 11.7. The van der Waals surface area contributed by atoms with Crippen LogP contribution in [0, 0.1) is 11.8 Å². The Morgan fingerprint density at radius 3 is 2.37 bits per heavy atom. The number of benzene rings is 1. The minimum Gasteiger partial charge on any atom is -0.409 e. The number of nitrogens with zero attached hydrogens (tertiary/aromatic N) is 2. The summed E-state index contributed by atoms with van der Waals surface area (Å²) in [5, 5.41) is 11.6. The maximum atomic E-state index is 8.63. The zero-order chi connectivity index (χ0) is 13.8. The molecule has 2 atom stereocenters. The van der Waals surface area contributed by atoms with Gasteiger partial charge in [0.25, 0.3) is 0 Å². The summed E-state index contributed by atoms with van der Waals surface area (Å²) in [6.45, 7) is 7.97. The summed E-state index contributed by atoms with van der Waals surface area (Å²) in [5.74, 6) is 1.71. The topological polar surface area (TPSA) is 61.8 Å². The standard InChI is InChI=1S/C15H23N3O/c1-11-7-12(2)9-18(8-11)10-13-3-5-14(6-4-13)15(16)17-19/h3-6,11-12,19H,7-10H2,1-2H3,(H2,16,17). The molecule has 104 valence electrons. The van der Waals surface area contributed by atoms with Crippen molar-refractivity contribution in [3.63, 3.8) is 0 Å². The van der Waals surface area contributed by atoms with Gasteiger partial charge >= 0.3 is 0 Å². The lowest BCUT2D eigenvalue weighted by molar-refractivity contribution is 0.134. The number of oxime groups is 1. The SMILES string of the molecule is CC1CC(C)CN(Cc2ccc(/C(N)=N/O)cc2)C1. The van der Waals surface area contributed by atoms with Gasteiger partial charge in [0.15, 0.2) is 5.84 Å². The first kappa shape index (κ1) is 13.9. The maximum Gasteiger partial charge on any atom is 0.170 e. The molecule has 0 amide bonds. The summed E-state index contributed by atoms with van der Waals surface area (Å²) in [7, 11) is 0. The molecule has 0 aromatic heterocycles. The van der Waals surface area contributed by atoms with E-state index in [4.69, 9.17) is 10.9 Å². The lowest BCUT2D eigenvalue weighted by Gasteiger charge is -2.35. The van der Waals surface area contributed by atoms with Crippen LogP contribution in [-0.4, -0.2) is 29.0 Å². The quantitative estimate of drug-likeness (QED) is 0.380. The van der Waals surface area contributed by atoms with E-state index in [0.717, 1.165) is 23.9 Å². The monoisotopic (exact) mass is 261 g/mol. The molecule has 0 bridgehead atoms. The van der Waals surface area contributed by atoms with E-state index in [0.29, 0.717) is 0 Å². The minimum absolute atomic E-state index is 0.159. The van der Waals surface area contributed by atoms with Crippen LogP contribution < -0.4 is 5.73 Å². The highest BCUT2D eigenvalue weighted by Crippen LogP contribution is 2.22. The highest BCUT2D eigenvalue weighted by molar-refractivity contribution is 5.96. The Labute approximate surface area is 114 Å². The second-order valence-electron chi connectivity index (χ2n) is 5.82. The van der Waals surface area contributed by atoms with Crippen LogP contribution in [0.5, 0.6) is 0 Å². The van der Waals surface area contributed by atoms with Gasteiger partial charge in [0.05, 0.1) is 0 Å². The summed E-state index contributed by atoms with van der Waals surface area (Å²) < 4.78 is 0. The smallest absolute Gasteiger partial charge is 0.170 e. The van der Waals surface area contributed by atoms with Gasteiger partial charge in [0.2, 0.25) is 0 Å². The van der Waals surface area contributed by atoms with Gasteiger partial charge in [-0.25, -0.2) is 0 Å². The van der Waals surface area contributed by atoms with E-state index in [1.807, 2.05) is 12.1 Å². The Bertz CT molecular complexity index is 431. The molecule has 1 aliphatic rings. The van der Waals surface area contributed by atoms with Gasteiger partial charge in [-0.05, 0) is 23.8 Å². The summed E-state index contributed by atoms with van der Waals surface area (Å²) in [6.07, 6.45) is 1.33. The van der Waals surface area contributed by atoms with Crippen LogP contribution >= 0.6 is 0 Å². The van der Waals surface area contributed by atoms with Crippen molar-refractivity contribution in [1.29, 1.82) is 0 Å². The van der Waals surface area contributed by atoms with Crippen molar-refractivity contribution in [2.45, 2.75) is 26.8 Å². The van der Waals surface area contributed by atoms with Crippen molar-refractivity contribution in [1.82, 2.24) is 4.90 Å². The largest absolute Gasteiger partial charge is 0.409 e. The number of hydrogen-bond donors (Lipinski definition) is 2. The third-order valence-corrected chi connectivity index (χ3v) is 3.71. The molecule has 0 spiro atoms. The first-order valence-corrected chi connectivity index (χ1v) is 6.87. The fourth-order valence-electron chi connectivity index (χ4n) is 3.02. The van der Waals surface area contributed by atoms with E-state index < -0.39 is 0 Å². The van der Waals surface area contributed by atoms with E-state index in [1.165, 1.54) is 25.1 Å². The Balaban J connectivity index is 1.99. The third kappa shape index (κ3) is 3.70. The van der Waals surface area contributed by atoms with Crippen molar-refractivity contribution >= 4 is 5.84 Å². The minimum atomic E-state index is 0.159. The first-order chi connectivity index (χ1) is 9.08. The number of hydrogen-bond acceptors (Lipinski definition) is 3. The summed E-state index contributed by atoms with van der Waals surface area (Å²) >= 11 is 0. The van der Waals surface area contributed by atoms with Gasteiger partial charge < -0.3 is 10.9 Å². The molecule has 3 N–H and O–H groups in total. The van der Waals surface area contributed by atoms with Crippen LogP contribution in [0.25, 0.3) is 0 Å². The summed E-state index contributed by atoms with van der Waals surface area (Å²) in [5.41, 5.74) is 7.58. The molecule has 4 nitrogen and oxygen atoms in total. The van der Waals surface area contributed by atoms with Crippen LogP contribution in [0.1, 0.15) is 31.4 Å². The average Bonchev–Trinajstić information content (AvgIpc) is 2.37. The average molecular weight is 261 g/mol. The molecule has 4 heteroatoms. The molecule has 1 aromatic carbocycles. The van der Waals surface area contributed by atoms with Crippen molar-refractivity contribution in [2.24, 2.45) is 22.7 Å². The second-order valence-corrected chi connectivity index (χ2v) is 5.82. The van der Waals surface area contributed by atoms with E-state index in [-0.39, 0.29) is 5.84 Å². The van der Waals surface area contributed by atoms with Crippen molar-refractivity contribution in [2.75, 3.05) is 13.1 Å². The zero-order valence-electron chi connectivity index (χ0n) is 11.7. The number of rotatable bonds is 3. The van der Waals surface area contributed by atoms with Gasteiger partial charge in [0.1, 0.15) is 0 Å². The summed E-state index contributed by atoms with van der Waals surface area (Å²) in [6, 6.07) is 7.91. The van der Waals surface area contributed by atoms with E-state index in [1.54, 1.807) is 0 Å².